The normalized spacial score (nSPS) is 15.0. The van der Waals surface area contributed by atoms with Gasteiger partial charge in [0.15, 0.2) is 9.84 Å². The van der Waals surface area contributed by atoms with E-state index in [1.54, 1.807) is 20.8 Å². The molecule has 0 spiro atoms. The number of unbranched alkanes of at least 4 members (excludes halogenated alkanes) is 2. The van der Waals surface area contributed by atoms with Gasteiger partial charge < -0.3 is 4.74 Å². The Kier molecular flexibility index (Phi) is 7.27. The minimum Gasteiger partial charge on any atom is -0.493 e. The fourth-order valence-electron chi connectivity index (χ4n) is 2.62. The summed E-state index contributed by atoms with van der Waals surface area (Å²) >= 11 is 0. The monoisotopic (exact) mass is 380 g/mol. The average Bonchev–Trinajstić information content (AvgIpc) is 3.37. The third kappa shape index (κ3) is 7.10. The molecule has 2 rings (SSSR count). The van der Waals surface area contributed by atoms with Gasteiger partial charge in [0, 0.05) is 12.8 Å². The van der Waals surface area contributed by atoms with Crippen molar-refractivity contribution in [2.45, 2.75) is 70.5 Å². The van der Waals surface area contributed by atoms with E-state index >= 15 is 0 Å². The number of hydrogen-bond acceptors (Lipinski definition) is 4. The van der Waals surface area contributed by atoms with E-state index < -0.39 is 14.6 Å². The number of hydrogen-bond donors (Lipinski definition) is 0. The van der Waals surface area contributed by atoms with E-state index in [-0.39, 0.29) is 11.5 Å². The number of ether oxygens (including phenoxy) is 1. The van der Waals surface area contributed by atoms with Gasteiger partial charge in [0.2, 0.25) is 0 Å². The van der Waals surface area contributed by atoms with Crippen LogP contribution in [0.2, 0.25) is 0 Å². The molecular weight excluding hydrogens is 348 g/mol. The lowest BCUT2D eigenvalue weighted by molar-refractivity contribution is -0.118. The number of sulfone groups is 1. The molecule has 1 aliphatic carbocycles. The molecule has 26 heavy (non-hydrogen) atoms. The van der Waals surface area contributed by atoms with Gasteiger partial charge in [-0.25, -0.2) is 8.42 Å². The van der Waals surface area contributed by atoms with E-state index in [1.165, 1.54) is 12.8 Å². The molecule has 0 atom stereocenters. The van der Waals surface area contributed by atoms with Crippen LogP contribution in [0.25, 0.3) is 0 Å². The number of benzene rings is 1. The van der Waals surface area contributed by atoms with Crippen molar-refractivity contribution in [1.29, 1.82) is 0 Å². The summed E-state index contributed by atoms with van der Waals surface area (Å²) in [4.78, 5) is 12.1. The molecule has 0 aliphatic heterocycles. The third-order valence-electron chi connectivity index (χ3n) is 4.81. The van der Waals surface area contributed by atoms with Crippen LogP contribution in [0.3, 0.4) is 0 Å². The molecule has 1 aromatic carbocycles. The topological polar surface area (TPSA) is 60.4 Å². The fourth-order valence-corrected chi connectivity index (χ4v) is 3.81. The highest BCUT2D eigenvalue weighted by molar-refractivity contribution is 7.92. The molecule has 0 radical (unpaired) electrons. The summed E-state index contributed by atoms with van der Waals surface area (Å²) in [5, 5.41) is 0. The Morgan fingerprint density at radius 1 is 1.08 bits per heavy atom. The highest BCUT2D eigenvalue weighted by Crippen LogP contribution is 2.29. The first-order valence-corrected chi connectivity index (χ1v) is 11.3. The quantitative estimate of drug-likeness (QED) is 0.535. The first-order chi connectivity index (χ1) is 12.2. The number of carbonyl (C=O) groups is 1. The Labute approximate surface area is 158 Å². The molecular formula is C21H32O4S. The second-order valence-corrected chi connectivity index (χ2v) is 11.2. The summed E-state index contributed by atoms with van der Waals surface area (Å²) in [6, 6.07) is 7.77. The van der Waals surface area contributed by atoms with Crippen molar-refractivity contribution in [3.8, 4) is 5.75 Å². The molecule has 4 nitrogen and oxygen atoms in total. The van der Waals surface area contributed by atoms with Gasteiger partial charge in [-0.15, -0.1) is 0 Å². The van der Waals surface area contributed by atoms with Gasteiger partial charge in [0.1, 0.15) is 11.5 Å². The first-order valence-electron chi connectivity index (χ1n) is 9.63. The second-order valence-electron chi connectivity index (χ2n) is 8.36. The van der Waals surface area contributed by atoms with Crippen molar-refractivity contribution in [3.05, 3.63) is 29.8 Å². The van der Waals surface area contributed by atoms with Crippen LogP contribution in [0.4, 0.5) is 0 Å². The van der Waals surface area contributed by atoms with Crippen molar-refractivity contribution in [1.82, 2.24) is 0 Å². The standard InChI is InChI=1S/C21H32O4S/c1-21(2,3)26(23,24)14-6-4-5-7-19(22)15-17-10-12-20(13-11-17)25-16-18-8-9-18/h10-13,18H,4-9,14-16H2,1-3H3. The van der Waals surface area contributed by atoms with E-state index in [1.807, 2.05) is 24.3 Å². The van der Waals surface area contributed by atoms with Crippen molar-refractivity contribution in [2.24, 2.45) is 5.92 Å². The Morgan fingerprint density at radius 2 is 1.73 bits per heavy atom. The summed E-state index contributed by atoms with van der Waals surface area (Å²) in [6.45, 7) is 5.99. The molecule has 0 saturated heterocycles. The van der Waals surface area contributed by atoms with Gasteiger partial charge in [-0.1, -0.05) is 18.6 Å². The van der Waals surface area contributed by atoms with E-state index in [2.05, 4.69) is 0 Å². The summed E-state index contributed by atoms with van der Waals surface area (Å²) in [5.41, 5.74) is 1.00. The number of Topliss-reactive ketones (excluding diaryl/α,β-unsaturated/α-hetero) is 1. The van der Waals surface area contributed by atoms with Crippen LogP contribution >= 0.6 is 0 Å². The number of carbonyl (C=O) groups excluding carboxylic acids is 1. The molecule has 0 N–H and O–H groups in total. The Hall–Kier alpha value is -1.36. The molecule has 0 unspecified atom stereocenters. The van der Waals surface area contributed by atoms with Crippen molar-refractivity contribution in [2.75, 3.05) is 12.4 Å². The predicted molar refractivity (Wildman–Crippen MR) is 105 cm³/mol. The lowest BCUT2D eigenvalue weighted by Gasteiger charge is -2.18. The van der Waals surface area contributed by atoms with Crippen molar-refractivity contribution in [3.63, 3.8) is 0 Å². The molecule has 1 fully saturated rings. The number of rotatable bonds is 11. The molecule has 0 heterocycles. The fraction of sp³-hybridized carbons (Fsp3) is 0.667. The molecule has 0 bridgehead atoms. The molecule has 1 aromatic rings. The van der Waals surface area contributed by atoms with Crippen LogP contribution in [0.15, 0.2) is 24.3 Å². The highest BCUT2D eigenvalue weighted by Gasteiger charge is 2.27. The van der Waals surface area contributed by atoms with Crippen LogP contribution in [0.5, 0.6) is 5.75 Å². The summed E-state index contributed by atoms with van der Waals surface area (Å²) in [6.07, 6.45) is 5.64. The van der Waals surface area contributed by atoms with Crippen LogP contribution in [0, 0.1) is 5.92 Å². The molecule has 0 amide bonds. The lowest BCUT2D eigenvalue weighted by Crippen LogP contribution is -2.30. The summed E-state index contributed by atoms with van der Waals surface area (Å²) in [5.74, 6) is 2.01. The van der Waals surface area contributed by atoms with Gasteiger partial charge >= 0.3 is 0 Å². The van der Waals surface area contributed by atoms with Crippen LogP contribution in [0.1, 0.15) is 64.9 Å². The maximum absolute atomic E-state index is 12.1. The molecule has 5 heteroatoms. The van der Waals surface area contributed by atoms with Gasteiger partial charge in [-0.2, -0.15) is 0 Å². The average molecular weight is 381 g/mol. The zero-order chi connectivity index (χ0) is 19.2. The van der Waals surface area contributed by atoms with Gasteiger partial charge in [-0.3, -0.25) is 4.79 Å². The van der Waals surface area contributed by atoms with Crippen molar-refractivity contribution >= 4 is 15.6 Å². The van der Waals surface area contributed by atoms with E-state index in [0.717, 1.165) is 36.7 Å². The van der Waals surface area contributed by atoms with Gasteiger partial charge in [0.05, 0.1) is 17.1 Å². The van der Waals surface area contributed by atoms with Crippen LogP contribution < -0.4 is 4.74 Å². The van der Waals surface area contributed by atoms with Gasteiger partial charge in [-0.05, 0) is 70.1 Å². The smallest absolute Gasteiger partial charge is 0.155 e. The van der Waals surface area contributed by atoms with Crippen LogP contribution in [-0.2, 0) is 21.1 Å². The zero-order valence-electron chi connectivity index (χ0n) is 16.3. The molecule has 146 valence electrons. The summed E-state index contributed by atoms with van der Waals surface area (Å²) in [7, 11) is -3.05. The molecule has 0 aromatic heterocycles. The Bertz CT molecular complexity index is 680. The highest BCUT2D eigenvalue weighted by atomic mass is 32.2. The minimum absolute atomic E-state index is 0.201. The van der Waals surface area contributed by atoms with Crippen molar-refractivity contribution < 1.29 is 17.9 Å². The maximum Gasteiger partial charge on any atom is 0.155 e. The van der Waals surface area contributed by atoms with Gasteiger partial charge in [0.25, 0.3) is 0 Å². The predicted octanol–water partition coefficient (Wildman–Crippen LogP) is 4.36. The second kappa shape index (κ2) is 9.03. The molecule has 1 saturated carbocycles. The minimum atomic E-state index is -3.05. The maximum atomic E-state index is 12.1. The lowest BCUT2D eigenvalue weighted by atomic mass is 10.0. The van der Waals surface area contributed by atoms with E-state index in [4.69, 9.17) is 4.74 Å². The van der Waals surface area contributed by atoms with E-state index in [0.29, 0.717) is 19.3 Å². The number of ketones is 1. The first kappa shape index (κ1) is 20.9. The molecule has 1 aliphatic rings. The zero-order valence-corrected chi connectivity index (χ0v) is 17.1. The Balaban J connectivity index is 1.62. The van der Waals surface area contributed by atoms with Crippen LogP contribution in [-0.4, -0.2) is 31.3 Å². The largest absolute Gasteiger partial charge is 0.493 e. The SMILES string of the molecule is CC(C)(C)S(=O)(=O)CCCCCC(=O)Cc1ccc(OCC2CC2)cc1. The Morgan fingerprint density at radius 3 is 2.31 bits per heavy atom. The third-order valence-corrected chi connectivity index (χ3v) is 7.50. The van der Waals surface area contributed by atoms with E-state index in [9.17, 15) is 13.2 Å². The summed E-state index contributed by atoms with van der Waals surface area (Å²) < 4.78 is 29.1.